The van der Waals surface area contributed by atoms with E-state index in [-0.39, 0.29) is 0 Å². The van der Waals surface area contributed by atoms with Crippen molar-refractivity contribution in [2.75, 3.05) is 26.2 Å². The molecule has 0 aliphatic rings. The van der Waals surface area contributed by atoms with E-state index in [1.165, 1.54) is 70.0 Å². The Morgan fingerprint density at radius 3 is 1.58 bits per heavy atom. The molecular weight excluding hydrogens is 248 g/mol. The summed E-state index contributed by atoms with van der Waals surface area (Å²) in [7, 11) is -1.12. The van der Waals surface area contributed by atoms with Crippen LogP contribution in [0.25, 0.3) is 0 Å². The van der Waals surface area contributed by atoms with Crippen LogP contribution in [0.5, 0.6) is 0 Å². The smallest absolute Gasteiger partial charge is 0.124 e. The monoisotopic (exact) mass is 286 g/mol. The van der Waals surface area contributed by atoms with Crippen molar-refractivity contribution < 1.29 is 0 Å². The lowest BCUT2D eigenvalue weighted by Crippen LogP contribution is -2.51. The zero-order valence-corrected chi connectivity index (χ0v) is 15.2. The fraction of sp³-hybridized carbons (Fsp3) is 1.00. The molecule has 3 heteroatoms. The topological polar surface area (TPSA) is 15.3 Å². The molecule has 0 rings (SSSR count). The molecule has 116 valence electrons. The normalized spacial score (nSPS) is 12.3. The van der Waals surface area contributed by atoms with Gasteiger partial charge in [0.2, 0.25) is 0 Å². The first-order valence-electron chi connectivity index (χ1n) is 8.65. The van der Waals surface area contributed by atoms with Gasteiger partial charge in [0.25, 0.3) is 0 Å². The van der Waals surface area contributed by atoms with Crippen molar-refractivity contribution in [3.05, 3.63) is 0 Å². The highest BCUT2D eigenvalue weighted by atomic mass is 28.3. The zero-order chi connectivity index (χ0) is 14.6. The van der Waals surface area contributed by atoms with Gasteiger partial charge in [-0.05, 0) is 44.1 Å². The van der Waals surface area contributed by atoms with Gasteiger partial charge in [-0.25, -0.2) is 0 Å². The number of nitrogens with zero attached hydrogens (tertiary/aromatic N) is 1. The maximum Gasteiger partial charge on any atom is 0.124 e. The number of rotatable bonds is 13. The third kappa shape index (κ3) is 8.11. The molecule has 0 saturated heterocycles. The highest BCUT2D eigenvalue weighted by Crippen LogP contribution is 2.16. The van der Waals surface area contributed by atoms with E-state index in [1.54, 1.807) is 0 Å². The first-order chi connectivity index (χ1) is 9.17. The summed E-state index contributed by atoms with van der Waals surface area (Å²) < 4.78 is 0. The molecule has 2 nitrogen and oxygen atoms in total. The van der Waals surface area contributed by atoms with Crippen molar-refractivity contribution in [3.63, 3.8) is 0 Å². The Balaban J connectivity index is 4.07. The van der Waals surface area contributed by atoms with Gasteiger partial charge >= 0.3 is 0 Å². The summed E-state index contributed by atoms with van der Waals surface area (Å²) in [6.45, 7) is 16.7. The van der Waals surface area contributed by atoms with Gasteiger partial charge in [-0.2, -0.15) is 0 Å². The van der Waals surface area contributed by atoms with Crippen molar-refractivity contribution in [1.82, 2.24) is 9.88 Å². The van der Waals surface area contributed by atoms with E-state index in [0.717, 1.165) is 0 Å². The highest BCUT2D eigenvalue weighted by Gasteiger charge is 2.25. The van der Waals surface area contributed by atoms with Crippen LogP contribution < -0.4 is 4.98 Å². The van der Waals surface area contributed by atoms with Gasteiger partial charge in [0, 0.05) is 13.1 Å². The van der Waals surface area contributed by atoms with E-state index in [9.17, 15) is 0 Å². The minimum absolute atomic E-state index is 1.12. The summed E-state index contributed by atoms with van der Waals surface area (Å²) in [5, 5.41) is 0. The summed E-state index contributed by atoms with van der Waals surface area (Å²) in [5.74, 6) is 0. The Morgan fingerprint density at radius 2 is 1.21 bits per heavy atom. The summed E-state index contributed by atoms with van der Waals surface area (Å²) in [6.07, 6.45) is 5.32. The molecule has 1 N–H and O–H groups in total. The van der Waals surface area contributed by atoms with E-state index in [4.69, 9.17) is 0 Å². The Labute approximate surface area is 123 Å². The summed E-state index contributed by atoms with van der Waals surface area (Å²) in [6, 6.07) is 4.14. The number of hydrogen-bond acceptors (Lipinski definition) is 2. The van der Waals surface area contributed by atoms with Crippen LogP contribution in [0, 0.1) is 0 Å². The van der Waals surface area contributed by atoms with Crippen LogP contribution in [0.1, 0.15) is 60.3 Å². The molecule has 0 heterocycles. The molecule has 0 aromatic heterocycles. The second-order valence-corrected chi connectivity index (χ2v) is 10.9. The second-order valence-electron chi connectivity index (χ2n) is 5.82. The quantitative estimate of drug-likeness (QED) is 0.502. The van der Waals surface area contributed by atoms with E-state index >= 15 is 0 Å². The molecule has 0 unspecified atom stereocenters. The summed E-state index contributed by atoms with van der Waals surface area (Å²) >= 11 is 0. The fourth-order valence-electron chi connectivity index (χ4n) is 2.70. The molecule has 0 saturated carbocycles. The molecule has 0 atom stereocenters. The van der Waals surface area contributed by atoms with Crippen LogP contribution in [-0.2, 0) is 0 Å². The largest absolute Gasteiger partial charge is 0.336 e. The lowest BCUT2D eigenvalue weighted by atomic mass is 10.2. The lowest BCUT2D eigenvalue weighted by molar-refractivity contribution is 0.269. The number of unbranched alkanes of at least 4 members (excludes halogenated alkanes) is 2. The Kier molecular flexibility index (Phi) is 12.0. The van der Waals surface area contributed by atoms with Crippen LogP contribution in [0.4, 0.5) is 0 Å². The van der Waals surface area contributed by atoms with Gasteiger partial charge in [0.15, 0.2) is 0 Å². The third-order valence-corrected chi connectivity index (χ3v) is 9.67. The molecule has 0 fully saturated rings. The maximum absolute atomic E-state index is 3.96. The molecule has 0 aromatic carbocycles. The predicted molar refractivity (Wildman–Crippen MR) is 91.5 cm³/mol. The molecule has 0 amide bonds. The van der Waals surface area contributed by atoms with E-state index in [1.807, 2.05) is 0 Å². The fourth-order valence-corrected chi connectivity index (χ4v) is 5.60. The Bertz CT molecular complexity index is 177. The average molecular weight is 287 g/mol. The van der Waals surface area contributed by atoms with Gasteiger partial charge in [-0.15, -0.1) is 0 Å². The molecule has 0 radical (unpaired) electrons. The standard InChI is InChI=1S/C16H38N2Si/c1-6-11-14-18(15-12-7-2)16-13-17-19(8-3,9-4)10-5/h17H,6-16H2,1-5H3. The van der Waals surface area contributed by atoms with E-state index in [0.29, 0.717) is 0 Å². The van der Waals surface area contributed by atoms with Gasteiger partial charge < -0.3 is 9.88 Å². The third-order valence-electron chi connectivity index (χ3n) is 4.61. The van der Waals surface area contributed by atoms with E-state index < -0.39 is 8.24 Å². The van der Waals surface area contributed by atoms with Crippen molar-refractivity contribution in [1.29, 1.82) is 0 Å². The molecule has 0 bridgehead atoms. The van der Waals surface area contributed by atoms with Crippen LogP contribution in [0.15, 0.2) is 0 Å². The zero-order valence-electron chi connectivity index (χ0n) is 14.2. The Morgan fingerprint density at radius 1 is 0.737 bits per heavy atom. The van der Waals surface area contributed by atoms with Crippen molar-refractivity contribution in [2.24, 2.45) is 0 Å². The molecule has 0 spiro atoms. The van der Waals surface area contributed by atoms with Gasteiger partial charge in [0.1, 0.15) is 8.24 Å². The first kappa shape index (κ1) is 19.1. The van der Waals surface area contributed by atoms with Crippen LogP contribution in [0.2, 0.25) is 18.1 Å². The first-order valence-corrected chi connectivity index (χ1v) is 11.3. The number of hydrogen-bond donors (Lipinski definition) is 1. The molecular formula is C16H38N2Si. The summed E-state index contributed by atoms with van der Waals surface area (Å²) in [4.78, 5) is 6.63. The van der Waals surface area contributed by atoms with Crippen LogP contribution in [0.3, 0.4) is 0 Å². The highest BCUT2D eigenvalue weighted by molar-refractivity contribution is 6.77. The van der Waals surface area contributed by atoms with Gasteiger partial charge in [-0.1, -0.05) is 47.5 Å². The molecule has 0 aliphatic carbocycles. The average Bonchev–Trinajstić information content (AvgIpc) is 2.46. The van der Waals surface area contributed by atoms with Gasteiger partial charge in [-0.3, -0.25) is 0 Å². The SMILES string of the molecule is CCCCN(CCCC)CCN[Si](CC)(CC)CC. The van der Waals surface area contributed by atoms with Crippen LogP contribution in [-0.4, -0.2) is 39.3 Å². The van der Waals surface area contributed by atoms with Crippen LogP contribution >= 0.6 is 0 Å². The Hall–Kier alpha value is 0.137. The number of nitrogens with one attached hydrogen (secondary N) is 1. The van der Waals surface area contributed by atoms with Crippen molar-refractivity contribution >= 4 is 8.24 Å². The minimum atomic E-state index is -1.12. The lowest BCUT2D eigenvalue weighted by Gasteiger charge is -2.31. The summed E-state index contributed by atoms with van der Waals surface area (Å²) in [5.41, 5.74) is 0. The molecule has 0 aliphatic heterocycles. The maximum atomic E-state index is 3.96. The second kappa shape index (κ2) is 11.9. The van der Waals surface area contributed by atoms with Crippen molar-refractivity contribution in [3.8, 4) is 0 Å². The van der Waals surface area contributed by atoms with E-state index in [2.05, 4.69) is 44.5 Å². The molecule has 19 heavy (non-hydrogen) atoms. The van der Waals surface area contributed by atoms with Crippen molar-refractivity contribution in [2.45, 2.75) is 78.4 Å². The van der Waals surface area contributed by atoms with Gasteiger partial charge in [0.05, 0.1) is 0 Å². The minimum Gasteiger partial charge on any atom is -0.336 e. The molecule has 0 aromatic rings. The predicted octanol–water partition coefficient (Wildman–Crippen LogP) is 4.48.